The number of aromatic nitrogens is 3. The summed E-state index contributed by atoms with van der Waals surface area (Å²) in [6.07, 6.45) is 4.56. The number of pyridine rings is 1. The van der Waals surface area contributed by atoms with Gasteiger partial charge in [0.1, 0.15) is 0 Å². The third-order valence-corrected chi connectivity index (χ3v) is 4.38. The summed E-state index contributed by atoms with van der Waals surface area (Å²) in [5.41, 5.74) is 3.84. The van der Waals surface area contributed by atoms with Gasteiger partial charge in [-0.1, -0.05) is 12.1 Å². The number of hydrogen-bond donors (Lipinski definition) is 1. The molecule has 4 rings (SSSR count). The van der Waals surface area contributed by atoms with E-state index in [1.54, 1.807) is 24.5 Å². The lowest BCUT2D eigenvalue weighted by Gasteiger charge is -2.12. The van der Waals surface area contributed by atoms with Gasteiger partial charge in [0.05, 0.1) is 5.52 Å². The first-order chi connectivity index (χ1) is 13.1. The SMILES string of the molecule is Cc1nc(-c2cccnc2)nc2ccc(-c3ccc(F)c(F)c3)c(C=N)c12. The average Bonchev–Trinajstić information content (AvgIpc) is 2.69. The molecule has 6 heteroatoms. The highest BCUT2D eigenvalue weighted by atomic mass is 19.2. The number of hydrogen-bond acceptors (Lipinski definition) is 4. The van der Waals surface area contributed by atoms with Gasteiger partial charge in [-0.25, -0.2) is 18.7 Å². The third-order valence-electron chi connectivity index (χ3n) is 4.38. The van der Waals surface area contributed by atoms with Gasteiger partial charge in [-0.05, 0) is 48.4 Å². The van der Waals surface area contributed by atoms with Gasteiger partial charge in [0.15, 0.2) is 17.5 Å². The smallest absolute Gasteiger partial charge is 0.161 e. The van der Waals surface area contributed by atoms with Crippen LogP contribution in [0.3, 0.4) is 0 Å². The maximum Gasteiger partial charge on any atom is 0.161 e. The summed E-state index contributed by atoms with van der Waals surface area (Å²) in [6.45, 7) is 1.84. The van der Waals surface area contributed by atoms with Crippen LogP contribution in [0.1, 0.15) is 11.3 Å². The van der Waals surface area contributed by atoms with Gasteiger partial charge in [-0.15, -0.1) is 0 Å². The van der Waals surface area contributed by atoms with Crippen LogP contribution in [0.25, 0.3) is 33.4 Å². The molecule has 0 atom stereocenters. The molecule has 0 aliphatic heterocycles. The Morgan fingerprint density at radius 3 is 2.52 bits per heavy atom. The van der Waals surface area contributed by atoms with Gasteiger partial charge in [-0.3, -0.25) is 4.98 Å². The van der Waals surface area contributed by atoms with Crippen LogP contribution in [0.15, 0.2) is 54.9 Å². The summed E-state index contributed by atoms with van der Waals surface area (Å²) >= 11 is 0. The van der Waals surface area contributed by atoms with Gasteiger partial charge in [-0.2, -0.15) is 0 Å². The normalized spacial score (nSPS) is 10.9. The quantitative estimate of drug-likeness (QED) is 0.526. The predicted molar refractivity (Wildman–Crippen MR) is 101 cm³/mol. The molecule has 0 amide bonds. The fraction of sp³-hybridized carbons (Fsp3) is 0.0476. The van der Waals surface area contributed by atoms with Crippen LogP contribution in [-0.2, 0) is 0 Å². The molecule has 0 aliphatic carbocycles. The van der Waals surface area contributed by atoms with Crippen LogP contribution in [0.5, 0.6) is 0 Å². The summed E-state index contributed by atoms with van der Waals surface area (Å²) in [5, 5.41) is 8.58. The predicted octanol–water partition coefficient (Wildman–Crippen LogP) is 4.94. The van der Waals surface area contributed by atoms with E-state index in [4.69, 9.17) is 5.41 Å². The van der Waals surface area contributed by atoms with Crippen LogP contribution < -0.4 is 0 Å². The molecule has 2 heterocycles. The maximum absolute atomic E-state index is 13.7. The third kappa shape index (κ3) is 2.95. The lowest BCUT2D eigenvalue weighted by molar-refractivity contribution is 0.509. The topological polar surface area (TPSA) is 62.5 Å². The zero-order valence-electron chi connectivity index (χ0n) is 14.4. The molecule has 1 N–H and O–H groups in total. The first-order valence-corrected chi connectivity index (χ1v) is 8.26. The molecule has 4 aromatic rings. The van der Waals surface area contributed by atoms with E-state index in [1.165, 1.54) is 12.3 Å². The molecule has 0 spiro atoms. The van der Waals surface area contributed by atoms with Crippen LogP contribution in [0, 0.1) is 24.0 Å². The van der Waals surface area contributed by atoms with Crippen molar-refractivity contribution in [1.82, 2.24) is 15.0 Å². The van der Waals surface area contributed by atoms with Crippen LogP contribution in [0.4, 0.5) is 8.78 Å². The molecule has 2 aromatic heterocycles. The Bertz CT molecular complexity index is 1170. The van der Waals surface area contributed by atoms with Crippen LogP contribution >= 0.6 is 0 Å². The number of aryl methyl sites for hydroxylation is 1. The van der Waals surface area contributed by atoms with E-state index in [-0.39, 0.29) is 0 Å². The zero-order chi connectivity index (χ0) is 19.0. The summed E-state index contributed by atoms with van der Waals surface area (Å²) in [6, 6.07) is 10.9. The minimum atomic E-state index is -0.927. The molecule has 27 heavy (non-hydrogen) atoms. The second kappa shape index (κ2) is 6.64. The molecule has 4 nitrogen and oxygen atoms in total. The van der Waals surface area contributed by atoms with Gasteiger partial charge in [0.25, 0.3) is 0 Å². The lowest BCUT2D eigenvalue weighted by Crippen LogP contribution is -1.99. The van der Waals surface area contributed by atoms with E-state index in [9.17, 15) is 8.78 Å². The van der Waals surface area contributed by atoms with Gasteiger partial charge < -0.3 is 5.41 Å². The molecule has 0 unspecified atom stereocenters. The lowest BCUT2D eigenvalue weighted by atomic mass is 9.95. The minimum absolute atomic E-state index is 0.491. The van der Waals surface area contributed by atoms with E-state index in [0.29, 0.717) is 39.1 Å². The van der Waals surface area contributed by atoms with Crippen molar-refractivity contribution >= 4 is 17.1 Å². The largest absolute Gasteiger partial charge is 0.308 e. The fourth-order valence-corrected chi connectivity index (χ4v) is 3.12. The highest BCUT2D eigenvalue weighted by Crippen LogP contribution is 2.31. The van der Waals surface area contributed by atoms with Crippen molar-refractivity contribution in [2.45, 2.75) is 6.92 Å². The molecule has 0 fully saturated rings. The molecule has 0 saturated carbocycles. The number of fused-ring (bicyclic) bond motifs is 1. The van der Waals surface area contributed by atoms with Crippen molar-refractivity contribution in [1.29, 1.82) is 5.41 Å². The molecular formula is C21H14F2N4. The summed E-state index contributed by atoms with van der Waals surface area (Å²) < 4.78 is 26.9. The Labute approximate surface area is 154 Å². The summed E-state index contributed by atoms with van der Waals surface area (Å²) in [5.74, 6) is -1.29. The molecular weight excluding hydrogens is 346 g/mol. The molecule has 0 bridgehead atoms. The Kier molecular flexibility index (Phi) is 4.16. The van der Waals surface area contributed by atoms with Crippen molar-refractivity contribution in [2.75, 3.05) is 0 Å². The maximum atomic E-state index is 13.7. The highest BCUT2D eigenvalue weighted by Gasteiger charge is 2.15. The Morgan fingerprint density at radius 1 is 0.963 bits per heavy atom. The number of nitrogens with zero attached hydrogens (tertiary/aromatic N) is 3. The van der Waals surface area contributed by atoms with E-state index in [2.05, 4.69) is 15.0 Å². The fourth-order valence-electron chi connectivity index (χ4n) is 3.12. The number of benzene rings is 2. The minimum Gasteiger partial charge on any atom is -0.308 e. The molecule has 132 valence electrons. The molecule has 0 aliphatic rings. The van der Waals surface area contributed by atoms with Gasteiger partial charge in [0.2, 0.25) is 0 Å². The second-order valence-corrected chi connectivity index (χ2v) is 6.07. The molecule has 2 aromatic carbocycles. The Balaban J connectivity index is 1.95. The van der Waals surface area contributed by atoms with E-state index >= 15 is 0 Å². The van der Waals surface area contributed by atoms with Crippen molar-refractivity contribution in [3.05, 3.63) is 77.8 Å². The van der Waals surface area contributed by atoms with Gasteiger partial charge >= 0.3 is 0 Å². The number of rotatable bonds is 3. The zero-order valence-corrected chi connectivity index (χ0v) is 14.4. The van der Waals surface area contributed by atoms with E-state index in [0.717, 1.165) is 17.7 Å². The first-order valence-electron chi connectivity index (χ1n) is 8.26. The number of halogens is 2. The van der Waals surface area contributed by atoms with Crippen molar-refractivity contribution < 1.29 is 8.78 Å². The first kappa shape index (κ1) is 16.9. The second-order valence-electron chi connectivity index (χ2n) is 6.07. The van der Waals surface area contributed by atoms with E-state index < -0.39 is 11.6 Å². The van der Waals surface area contributed by atoms with Crippen molar-refractivity contribution in [2.24, 2.45) is 0 Å². The van der Waals surface area contributed by atoms with Crippen LogP contribution in [0.2, 0.25) is 0 Å². The molecule has 0 saturated heterocycles. The standard InChI is InChI=1S/C21H14F2N4/c1-12-20-16(10-24)15(13-4-6-17(22)18(23)9-13)5-7-19(20)27-21(26-12)14-3-2-8-25-11-14/h2-11,24H,1H3. The summed E-state index contributed by atoms with van der Waals surface area (Å²) in [7, 11) is 0. The average molecular weight is 360 g/mol. The summed E-state index contributed by atoms with van der Waals surface area (Å²) in [4.78, 5) is 13.2. The highest BCUT2D eigenvalue weighted by molar-refractivity contribution is 6.05. The van der Waals surface area contributed by atoms with Gasteiger partial charge in [0, 0.05) is 40.8 Å². The molecule has 0 radical (unpaired) electrons. The Morgan fingerprint density at radius 2 is 1.81 bits per heavy atom. The number of nitrogens with one attached hydrogen (secondary N) is 1. The van der Waals surface area contributed by atoms with Crippen molar-refractivity contribution in [3.63, 3.8) is 0 Å². The van der Waals surface area contributed by atoms with Crippen molar-refractivity contribution in [3.8, 4) is 22.5 Å². The van der Waals surface area contributed by atoms with Crippen LogP contribution in [-0.4, -0.2) is 21.2 Å². The van der Waals surface area contributed by atoms with E-state index in [1.807, 2.05) is 19.1 Å². The Hall–Kier alpha value is -3.54. The monoisotopic (exact) mass is 360 g/mol.